The molecule has 0 unspecified atom stereocenters. The van der Waals surface area contributed by atoms with E-state index in [4.69, 9.17) is 9.47 Å². The number of esters is 2. The summed E-state index contributed by atoms with van der Waals surface area (Å²) in [6.45, 7) is 8.83. The van der Waals surface area contributed by atoms with E-state index in [-0.39, 0.29) is 45.8 Å². The van der Waals surface area contributed by atoms with Crippen LogP contribution in [0.2, 0.25) is 0 Å². The van der Waals surface area contributed by atoms with Gasteiger partial charge in [0.2, 0.25) is 0 Å². The second-order valence-corrected chi connectivity index (χ2v) is 22.2. The zero-order valence-corrected chi connectivity index (χ0v) is 35.5. The van der Waals surface area contributed by atoms with E-state index >= 15 is 0 Å². The van der Waals surface area contributed by atoms with E-state index in [0.717, 1.165) is 25.7 Å². The van der Waals surface area contributed by atoms with Gasteiger partial charge in [0.1, 0.15) is 11.4 Å². The number of aromatic nitrogens is 4. The van der Waals surface area contributed by atoms with Crippen molar-refractivity contribution in [2.45, 2.75) is 111 Å². The van der Waals surface area contributed by atoms with Gasteiger partial charge in [-0.25, -0.2) is 26.4 Å². The summed E-state index contributed by atoms with van der Waals surface area (Å²) in [5.41, 5.74) is 2.53. The molecule has 0 saturated heterocycles. The van der Waals surface area contributed by atoms with Crippen molar-refractivity contribution in [3.05, 3.63) is 33.9 Å². The average molecular weight is 872 g/mol. The Bertz CT molecular complexity index is 2130. The van der Waals surface area contributed by atoms with Gasteiger partial charge in [0.05, 0.1) is 32.2 Å². The summed E-state index contributed by atoms with van der Waals surface area (Å²) in [5.74, 6) is -1.44. The van der Waals surface area contributed by atoms with Crippen LogP contribution in [0.3, 0.4) is 0 Å². The molecule has 0 bridgehead atoms. The summed E-state index contributed by atoms with van der Waals surface area (Å²) in [7, 11) is -2.85. The van der Waals surface area contributed by atoms with Crippen LogP contribution in [0.4, 0.5) is 0 Å². The maximum absolute atomic E-state index is 13.0. The number of fused-ring (bicyclic) bond motifs is 2. The summed E-state index contributed by atoms with van der Waals surface area (Å²) in [6, 6.07) is 0. The lowest BCUT2D eigenvalue weighted by molar-refractivity contribution is 0.0507. The normalized spacial score (nSPS) is 21.6. The van der Waals surface area contributed by atoms with Crippen molar-refractivity contribution in [2.24, 2.45) is 14.1 Å². The van der Waals surface area contributed by atoms with Gasteiger partial charge in [0.15, 0.2) is 31.1 Å². The fraction of sp³-hybridized carbons (Fsp3) is 0.722. The zero-order chi connectivity index (χ0) is 40.4. The second kappa shape index (κ2) is 14.6. The highest BCUT2D eigenvalue weighted by molar-refractivity contribution is 9.09. The number of sulfone groups is 2. The maximum atomic E-state index is 13.0. The van der Waals surface area contributed by atoms with Crippen LogP contribution in [0.5, 0.6) is 0 Å². The monoisotopic (exact) mass is 870 g/mol. The Kier molecular flexibility index (Phi) is 10.9. The van der Waals surface area contributed by atoms with Crippen LogP contribution in [0, 0.1) is 0 Å². The molecule has 6 aliphatic rings. The number of ether oxygens (including phenoxy) is 2. The topological polar surface area (TPSA) is 206 Å². The van der Waals surface area contributed by atoms with Crippen LogP contribution in [-0.2, 0) is 56.1 Å². The van der Waals surface area contributed by atoms with E-state index in [1.54, 1.807) is 32.8 Å². The number of rotatable bonds is 11. The quantitative estimate of drug-likeness (QED) is 0.256. The lowest BCUT2D eigenvalue weighted by Crippen LogP contribution is -2.48. The van der Waals surface area contributed by atoms with Gasteiger partial charge in [-0.2, -0.15) is 10.2 Å². The number of carbonyl (C=O) groups is 4. The van der Waals surface area contributed by atoms with Crippen LogP contribution in [0.25, 0.3) is 0 Å². The summed E-state index contributed by atoms with van der Waals surface area (Å²) in [4.78, 5) is 50.0. The molecule has 304 valence electrons. The Morgan fingerprint density at radius 2 is 1.20 bits per heavy atom. The number of amides is 2. The van der Waals surface area contributed by atoms with Crippen LogP contribution in [-0.4, -0.2) is 122 Å². The Labute approximate surface area is 330 Å². The molecular formula is C36H51BrN6O10S2. The number of halogens is 1. The number of nitrogens with zero attached hydrogens (tertiary/aromatic N) is 5. The highest BCUT2D eigenvalue weighted by Crippen LogP contribution is 2.57. The number of aryl methyl sites for hydroxylation is 2. The molecule has 0 spiro atoms. The lowest BCUT2D eigenvalue weighted by atomic mass is 10.0. The first kappa shape index (κ1) is 41.3. The van der Waals surface area contributed by atoms with Crippen molar-refractivity contribution in [2.75, 3.05) is 38.2 Å². The first-order chi connectivity index (χ1) is 25.8. The van der Waals surface area contributed by atoms with E-state index in [1.165, 1.54) is 9.36 Å². The fourth-order valence-corrected chi connectivity index (χ4v) is 14.1. The van der Waals surface area contributed by atoms with Crippen LogP contribution < -0.4 is 5.32 Å². The van der Waals surface area contributed by atoms with E-state index in [2.05, 4.69) is 31.4 Å². The van der Waals surface area contributed by atoms with E-state index in [0.29, 0.717) is 86.1 Å². The molecule has 4 aliphatic carbocycles. The van der Waals surface area contributed by atoms with Gasteiger partial charge in [-0.05, 0) is 91.9 Å². The van der Waals surface area contributed by atoms with Crippen molar-refractivity contribution < 1.29 is 45.5 Å². The largest absolute Gasteiger partial charge is 0.461 e. The SMILES string of the molecule is CC1(S(=O)(=O)C2(CBr)CC2)CC1.CCOC(=O)c1nn(C)c2c1CCN(CC1(S(=O)(=O)C3(C)CC3)CC1)C2=O.CCOC(=O)c1nn(C)c2c1CCNC2=O. The first-order valence-electron chi connectivity index (χ1n) is 18.9. The van der Waals surface area contributed by atoms with Crippen molar-refractivity contribution in [3.8, 4) is 0 Å². The number of carbonyl (C=O) groups excluding carboxylic acids is 4. The van der Waals surface area contributed by atoms with Crippen molar-refractivity contribution in [3.63, 3.8) is 0 Å². The minimum atomic E-state index is -3.27. The van der Waals surface area contributed by atoms with Crippen LogP contribution >= 0.6 is 15.9 Å². The molecule has 0 atom stereocenters. The van der Waals surface area contributed by atoms with Crippen LogP contribution in [0.15, 0.2) is 0 Å². The van der Waals surface area contributed by atoms with Gasteiger partial charge < -0.3 is 19.7 Å². The standard InChI is InChI=1S/C18H25N3O5S.C10H13N3O3.C8H13BrO2S/c1-4-26-16(23)13-12-5-10-21(15(22)14(12)20(3)19-13)11-18(8-9-18)27(24,25)17(2)6-7-17;1-3-16-10(15)7-6-4-5-11-9(14)8(6)13(2)12-7;1-7(2-3-7)12(10,11)8(6-9)4-5-8/h4-11H2,1-3H3;3-5H2,1-2H3,(H,11,14);2-6H2,1H3. The molecule has 1 N–H and O–H groups in total. The Morgan fingerprint density at radius 1 is 0.745 bits per heavy atom. The molecule has 2 aliphatic heterocycles. The molecule has 55 heavy (non-hydrogen) atoms. The van der Waals surface area contributed by atoms with Crippen molar-refractivity contribution >= 4 is 59.4 Å². The Morgan fingerprint density at radius 3 is 1.64 bits per heavy atom. The first-order valence-corrected chi connectivity index (χ1v) is 22.9. The third-order valence-corrected chi connectivity index (χ3v) is 20.1. The summed E-state index contributed by atoms with van der Waals surface area (Å²) in [5, 5.41) is 11.6. The second-order valence-electron chi connectivity index (χ2n) is 15.9. The summed E-state index contributed by atoms with van der Waals surface area (Å²) >= 11 is 3.31. The number of hydrogen-bond donors (Lipinski definition) is 1. The Hall–Kier alpha value is -3.32. The zero-order valence-electron chi connectivity index (χ0n) is 32.3. The third-order valence-electron chi connectivity index (χ3n) is 11.9. The van der Waals surface area contributed by atoms with E-state index < -0.39 is 41.1 Å². The molecule has 0 aromatic carbocycles. The minimum absolute atomic E-state index is 0.182. The van der Waals surface area contributed by atoms with Gasteiger partial charge in [-0.3, -0.25) is 19.0 Å². The highest BCUT2D eigenvalue weighted by atomic mass is 79.9. The summed E-state index contributed by atoms with van der Waals surface area (Å²) < 4.78 is 60.7. The predicted molar refractivity (Wildman–Crippen MR) is 205 cm³/mol. The average Bonchev–Trinajstić information content (AvgIpc) is 3.96. The highest BCUT2D eigenvalue weighted by Gasteiger charge is 2.66. The third kappa shape index (κ3) is 7.14. The molecule has 16 nitrogen and oxygen atoms in total. The van der Waals surface area contributed by atoms with E-state index in [9.17, 15) is 36.0 Å². The molecule has 2 amide bonds. The van der Waals surface area contributed by atoms with E-state index in [1.807, 2.05) is 13.8 Å². The van der Waals surface area contributed by atoms with Gasteiger partial charge in [-0.15, -0.1) is 0 Å². The summed E-state index contributed by atoms with van der Waals surface area (Å²) in [6.07, 6.45) is 7.17. The van der Waals surface area contributed by atoms with Crippen LogP contribution in [0.1, 0.15) is 132 Å². The van der Waals surface area contributed by atoms with Gasteiger partial charge in [-0.1, -0.05) is 15.9 Å². The maximum Gasteiger partial charge on any atom is 0.359 e. The predicted octanol–water partition coefficient (Wildman–Crippen LogP) is 2.86. The number of nitrogens with one attached hydrogen (secondary N) is 1. The van der Waals surface area contributed by atoms with Crippen molar-refractivity contribution in [1.82, 2.24) is 29.8 Å². The fourth-order valence-electron chi connectivity index (χ4n) is 7.47. The molecule has 8 rings (SSSR count). The molecule has 2 aromatic heterocycles. The molecule has 4 heterocycles. The number of alkyl halides is 1. The van der Waals surface area contributed by atoms with Gasteiger partial charge in [0.25, 0.3) is 11.8 Å². The molecular weight excluding hydrogens is 820 g/mol. The lowest BCUT2D eigenvalue weighted by Gasteiger charge is -2.32. The molecule has 19 heteroatoms. The van der Waals surface area contributed by atoms with Gasteiger partial charge in [0, 0.05) is 50.2 Å². The van der Waals surface area contributed by atoms with Gasteiger partial charge >= 0.3 is 11.9 Å². The number of hydrogen-bond acceptors (Lipinski definition) is 12. The molecule has 2 aromatic rings. The molecule has 0 radical (unpaired) electrons. The smallest absolute Gasteiger partial charge is 0.359 e. The molecule has 4 saturated carbocycles. The minimum Gasteiger partial charge on any atom is -0.461 e. The van der Waals surface area contributed by atoms with Crippen molar-refractivity contribution in [1.29, 1.82) is 0 Å². The molecule has 4 fully saturated rings. The Balaban J connectivity index is 0.000000155.